The first-order chi connectivity index (χ1) is 13.0. The summed E-state index contributed by atoms with van der Waals surface area (Å²) in [5, 5.41) is 2.67. The maximum atomic E-state index is 12.2. The van der Waals surface area contributed by atoms with Crippen LogP contribution < -0.4 is 5.32 Å². The zero-order chi connectivity index (χ0) is 19.2. The summed E-state index contributed by atoms with van der Waals surface area (Å²) in [6, 6.07) is 16.9. The molecular weight excluding hydrogens is 344 g/mol. The highest BCUT2D eigenvalue weighted by molar-refractivity contribution is 5.93. The molecule has 2 aromatic rings. The predicted molar refractivity (Wildman–Crippen MR) is 101 cm³/mol. The number of aryl methyl sites for hydroxylation is 1. The van der Waals surface area contributed by atoms with E-state index in [1.807, 2.05) is 49.4 Å². The number of hydrogen-bond donors (Lipinski definition) is 1. The normalized spacial score (nSPS) is 16.3. The minimum atomic E-state index is -0.534. The monoisotopic (exact) mass is 366 g/mol. The molecule has 1 saturated heterocycles. The second-order valence-electron chi connectivity index (χ2n) is 6.68. The standard InChI is InChI=1S/C21H22N2O4/c1-15-7-9-18(10-8-15)22-19(24)14-27-21(26)17-11-20(25)23(13-17)12-16-5-3-2-4-6-16/h2-10,17H,11-14H2,1H3,(H,22,24). The van der Waals surface area contributed by atoms with Crippen LogP contribution in [0.25, 0.3) is 0 Å². The highest BCUT2D eigenvalue weighted by Gasteiger charge is 2.35. The third-order valence-electron chi connectivity index (χ3n) is 4.44. The Balaban J connectivity index is 1.46. The molecule has 1 aliphatic rings. The van der Waals surface area contributed by atoms with Gasteiger partial charge in [0, 0.05) is 25.2 Å². The number of esters is 1. The fourth-order valence-corrected chi connectivity index (χ4v) is 2.98. The largest absolute Gasteiger partial charge is 0.455 e. The fourth-order valence-electron chi connectivity index (χ4n) is 2.98. The molecule has 0 bridgehead atoms. The third-order valence-corrected chi connectivity index (χ3v) is 4.44. The van der Waals surface area contributed by atoms with Gasteiger partial charge in [-0.05, 0) is 24.6 Å². The van der Waals surface area contributed by atoms with Gasteiger partial charge in [0.15, 0.2) is 6.61 Å². The Morgan fingerprint density at radius 3 is 2.52 bits per heavy atom. The van der Waals surface area contributed by atoms with Crippen LogP contribution in [0.3, 0.4) is 0 Å². The van der Waals surface area contributed by atoms with Gasteiger partial charge in [0.2, 0.25) is 5.91 Å². The molecule has 2 amide bonds. The minimum absolute atomic E-state index is 0.0788. The van der Waals surface area contributed by atoms with E-state index in [9.17, 15) is 14.4 Å². The van der Waals surface area contributed by atoms with Crippen molar-refractivity contribution in [1.29, 1.82) is 0 Å². The van der Waals surface area contributed by atoms with Crippen molar-refractivity contribution in [3.63, 3.8) is 0 Å². The number of carbonyl (C=O) groups is 3. The van der Waals surface area contributed by atoms with Gasteiger partial charge >= 0.3 is 5.97 Å². The maximum Gasteiger partial charge on any atom is 0.311 e. The molecule has 6 heteroatoms. The summed E-state index contributed by atoms with van der Waals surface area (Å²) in [7, 11) is 0. The van der Waals surface area contributed by atoms with E-state index in [0.717, 1.165) is 11.1 Å². The van der Waals surface area contributed by atoms with Gasteiger partial charge in [0.05, 0.1) is 5.92 Å². The van der Waals surface area contributed by atoms with Crippen LogP contribution in [0.15, 0.2) is 54.6 Å². The second kappa shape index (κ2) is 8.49. The first-order valence-corrected chi connectivity index (χ1v) is 8.86. The zero-order valence-corrected chi connectivity index (χ0v) is 15.2. The molecule has 0 aliphatic carbocycles. The molecular formula is C21H22N2O4. The number of amides is 2. The summed E-state index contributed by atoms with van der Waals surface area (Å²) in [5.74, 6) is -1.53. The molecule has 0 spiro atoms. The Kier molecular flexibility index (Phi) is 5.86. The van der Waals surface area contributed by atoms with E-state index in [4.69, 9.17) is 4.74 Å². The van der Waals surface area contributed by atoms with Gasteiger partial charge in [-0.1, -0.05) is 48.0 Å². The number of ether oxygens (including phenoxy) is 1. The number of nitrogens with one attached hydrogen (secondary N) is 1. The SMILES string of the molecule is Cc1ccc(NC(=O)COC(=O)C2CC(=O)N(Cc3ccccc3)C2)cc1. The lowest BCUT2D eigenvalue weighted by molar-refractivity contribution is -0.151. The van der Waals surface area contributed by atoms with Gasteiger partial charge in [0.25, 0.3) is 5.91 Å². The number of nitrogens with zero attached hydrogens (tertiary/aromatic N) is 1. The van der Waals surface area contributed by atoms with Crippen molar-refractivity contribution in [1.82, 2.24) is 4.90 Å². The van der Waals surface area contributed by atoms with E-state index >= 15 is 0 Å². The van der Waals surface area contributed by atoms with Gasteiger partial charge in [-0.3, -0.25) is 14.4 Å². The average Bonchev–Trinajstić information content (AvgIpc) is 3.03. The fraction of sp³-hybridized carbons (Fsp3) is 0.286. The molecule has 140 valence electrons. The van der Waals surface area contributed by atoms with Gasteiger partial charge in [-0.2, -0.15) is 0 Å². The van der Waals surface area contributed by atoms with Crippen molar-refractivity contribution < 1.29 is 19.1 Å². The van der Waals surface area contributed by atoms with Crippen LogP contribution >= 0.6 is 0 Å². The van der Waals surface area contributed by atoms with E-state index in [1.165, 1.54) is 0 Å². The number of carbonyl (C=O) groups excluding carboxylic acids is 3. The van der Waals surface area contributed by atoms with Crippen LogP contribution in [0.5, 0.6) is 0 Å². The van der Waals surface area contributed by atoms with Gasteiger partial charge < -0.3 is 15.0 Å². The Bertz CT molecular complexity index is 818. The molecule has 0 saturated carbocycles. The van der Waals surface area contributed by atoms with E-state index in [2.05, 4.69) is 5.32 Å². The van der Waals surface area contributed by atoms with Crippen LogP contribution in [0, 0.1) is 12.8 Å². The number of benzene rings is 2. The molecule has 27 heavy (non-hydrogen) atoms. The highest BCUT2D eigenvalue weighted by Crippen LogP contribution is 2.21. The predicted octanol–water partition coefficient (Wildman–Crippen LogP) is 2.53. The molecule has 2 aromatic carbocycles. The molecule has 6 nitrogen and oxygen atoms in total. The van der Waals surface area contributed by atoms with E-state index in [-0.39, 0.29) is 18.9 Å². The topological polar surface area (TPSA) is 75.7 Å². The van der Waals surface area contributed by atoms with E-state index < -0.39 is 17.8 Å². The number of rotatable bonds is 6. The van der Waals surface area contributed by atoms with Crippen LogP contribution in [0.4, 0.5) is 5.69 Å². The Labute approximate surface area is 158 Å². The molecule has 1 atom stereocenters. The van der Waals surface area contributed by atoms with E-state index in [1.54, 1.807) is 17.0 Å². The van der Waals surface area contributed by atoms with Crippen LogP contribution in [0.2, 0.25) is 0 Å². The van der Waals surface area contributed by atoms with Gasteiger partial charge in [-0.15, -0.1) is 0 Å². The molecule has 1 fully saturated rings. The Hall–Kier alpha value is -3.15. The van der Waals surface area contributed by atoms with Gasteiger partial charge in [-0.25, -0.2) is 0 Å². The zero-order valence-electron chi connectivity index (χ0n) is 15.2. The molecule has 1 N–H and O–H groups in total. The third kappa shape index (κ3) is 5.17. The maximum absolute atomic E-state index is 12.2. The Morgan fingerprint density at radius 1 is 1.11 bits per heavy atom. The summed E-state index contributed by atoms with van der Waals surface area (Å²) in [4.78, 5) is 37.9. The summed E-state index contributed by atoms with van der Waals surface area (Å²) >= 11 is 0. The lowest BCUT2D eigenvalue weighted by Crippen LogP contribution is -2.28. The molecule has 1 unspecified atom stereocenters. The van der Waals surface area contributed by atoms with Crippen molar-refractivity contribution in [2.24, 2.45) is 5.92 Å². The van der Waals surface area contributed by atoms with Crippen LogP contribution in [-0.4, -0.2) is 35.8 Å². The smallest absolute Gasteiger partial charge is 0.311 e. The number of hydrogen-bond acceptors (Lipinski definition) is 4. The van der Waals surface area contributed by atoms with Crippen molar-refractivity contribution in [2.75, 3.05) is 18.5 Å². The van der Waals surface area contributed by atoms with Crippen molar-refractivity contribution in [2.45, 2.75) is 19.9 Å². The first-order valence-electron chi connectivity index (χ1n) is 8.86. The lowest BCUT2D eigenvalue weighted by Gasteiger charge is -2.16. The quantitative estimate of drug-likeness (QED) is 0.797. The van der Waals surface area contributed by atoms with Crippen LogP contribution in [-0.2, 0) is 25.7 Å². The molecule has 1 aliphatic heterocycles. The van der Waals surface area contributed by atoms with Crippen LogP contribution in [0.1, 0.15) is 17.5 Å². The van der Waals surface area contributed by atoms with Crippen molar-refractivity contribution in [3.8, 4) is 0 Å². The average molecular weight is 366 g/mol. The Morgan fingerprint density at radius 2 is 1.81 bits per heavy atom. The summed E-state index contributed by atoms with van der Waals surface area (Å²) in [6.07, 6.45) is 0.116. The van der Waals surface area contributed by atoms with E-state index in [0.29, 0.717) is 18.8 Å². The van der Waals surface area contributed by atoms with Crippen molar-refractivity contribution in [3.05, 3.63) is 65.7 Å². The molecule has 1 heterocycles. The van der Waals surface area contributed by atoms with Gasteiger partial charge in [0.1, 0.15) is 0 Å². The minimum Gasteiger partial charge on any atom is -0.455 e. The summed E-state index contributed by atoms with van der Waals surface area (Å²) < 4.78 is 5.10. The summed E-state index contributed by atoms with van der Waals surface area (Å²) in [6.45, 7) is 2.37. The molecule has 0 radical (unpaired) electrons. The summed E-state index contributed by atoms with van der Waals surface area (Å²) in [5.41, 5.74) is 2.74. The lowest BCUT2D eigenvalue weighted by atomic mass is 10.1. The second-order valence-corrected chi connectivity index (χ2v) is 6.68. The number of anilines is 1. The molecule has 3 rings (SSSR count). The molecule has 0 aromatic heterocycles. The van der Waals surface area contributed by atoms with Crippen molar-refractivity contribution >= 4 is 23.5 Å². The first kappa shape index (κ1) is 18.6. The number of likely N-dealkylation sites (tertiary alicyclic amines) is 1. The highest BCUT2D eigenvalue weighted by atomic mass is 16.5.